The SMILES string of the molecule is CN=C(C1=C(N)CCc2cnc(Nc3ccnn3C(C)C)nc21)c1ccccc1Cl. The quantitative estimate of drug-likeness (QED) is 0.596. The number of anilines is 2. The summed E-state index contributed by atoms with van der Waals surface area (Å²) in [6.45, 7) is 4.14. The maximum atomic E-state index is 6.47. The number of nitrogens with one attached hydrogen (secondary N) is 1. The second-order valence-electron chi connectivity index (χ2n) is 7.40. The van der Waals surface area contributed by atoms with E-state index >= 15 is 0 Å². The van der Waals surface area contributed by atoms with Crippen LogP contribution in [0.15, 0.2) is 53.4 Å². The van der Waals surface area contributed by atoms with Gasteiger partial charge in [0.05, 0.1) is 17.6 Å². The first-order valence-corrected chi connectivity index (χ1v) is 10.2. The van der Waals surface area contributed by atoms with Crippen LogP contribution in [0.25, 0.3) is 5.57 Å². The van der Waals surface area contributed by atoms with E-state index in [1.807, 2.05) is 41.2 Å². The molecule has 3 aromatic rings. The first kappa shape index (κ1) is 20.1. The molecule has 0 saturated heterocycles. The molecule has 1 aliphatic carbocycles. The molecule has 4 rings (SSSR count). The van der Waals surface area contributed by atoms with Gasteiger partial charge in [0.1, 0.15) is 5.82 Å². The summed E-state index contributed by atoms with van der Waals surface area (Å²) in [6.07, 6.45) is 5.12. The minimum absolute atomic E-state index is 0.213. The third-order valence-corrected chi connectivity index (χ3v) is 5.40. The molecule has 1 aromatic carbocycles. The van der Waals surface area contributed by atoms with E-state index in [1.54, 1.807) is 13.2 Å². The second-order valence-corrected chi connectivity index (χ2v) is 7.81. The van der Waals surface area contributed by atoms with Crippen LogP contribution in [0.2, 0.25) is 5.02 Å². The fourth-order valence-corrected chi connectivity index (χ4v) is 3.86. The van der Waals surface area contributed by atoms with E-state index in [0.717, 1.165) is 52.5 Å². The van der Waals surface area contributed by atoms with Crippen molar-refractivity contribution in [2.24, 2.45) is 10.7 Å². The fourth-order valence-electron chi connectivity index (χ4n) is 3.64. The van der Waals surface area contributed by atoms with E-state index in [1.165, 1.54) is 0 Å². The Hall–Kier alpha value is -3.19. The van der Waals surface area contributed by atoms with E-state index in [-0.39, 0.29) is 6.04 Å². The number of hydrogen-bond donors (Lipinski definition) is 2. The van der Waals surface area contributed by atoms with Crippen LogP contribution in [0.3, 0.4) is 0 Å². The highest BCUT2D eigenvalue weighted by Crippen LogP contribution is 2.33. The van der Waals surface area contributed by atoms with Crippen molar-refractivity contribution in [3.8, 4) is 0 Å². The minimum atomic E-state index is 0.213. The monoisotopic (exact) mass is 421 g/mol. The second kappa shape index (κ2) is 8.28. The normalized spacial score (nSPS) is 14.2. The van der Waals surface area contributed by atoms with Crippen LogP contribution in [0.5, 0.6) is 0 Å². The van der Waals surface area contributed by atoms with Gasteiger partial charge in [0.25, 0.3) is 0 Å². The van der Waals surface area contributed by atoms with Gasteiger partial charge >= 0.3 is 0 Å². The van der Waals surface area contributed by atoms with Crippen molar-refractivity contribution in [3.63, 3.8) is 0 Å². The van der Waals surface area contributed by atoms with E-state index in [4.69, 9.17) is 22.3 Å². The zero-order chi connectivity index (χ0) is 21.3. The summed E-state index contributed by atoms with van der Waals surface area (Å²) in [5.74, 6) is 1.31. The summed E-state index contributed by atoms with van der Waals surface area (Å²) in [7, 11) is 1.74. The van der Waals surface area contributed by atoms with Crippen molar-refractivity contribution < 1.29 is 0 Å². The van der Waals surface area contributed by atoms with Gasteiger partial charge in [-0.15, -0.1) is 0 Å². The number of rotatable bonds is 5. The molecule has 0 spiro atoms. The van der Waals surface area contributed by atoms with Crippen LogP contribution in [-0.4, -0.2) is 32.5 Å². The molecular weight excluding hydrogens is 398 g/mol. The van der Waals surface area contributed by atoms with E-state index in [9.17, 15) is 0 Å². The van der Waals surface area contributed by atoms with Crippen LogP contribution in [0.4, 0.5) is 11.8 Å². The summed E-state index contributed by atoms with van der Waals surface area (Å²) in [5, 5.41) is 8.25. The Morgan fingerprint density at radius 2 is 2.03 bits per heavy atom. The largest absolute Gasteiger partial charge is 0.401 e. The Labute approximate surface area is 180 Å². The molecule has 3 N–H and O–H groups in total. The van der Waals surface area contributed by atoms with Crippen molar-refractivity contribution in [2.75, 3.05) is 12.4 Å². The van der Waals surface area contributed by atoms with Crippen LogP contribution in [-0.2, 0) is 6.42 Å². The van der Waals surface area contributed by atoms with Gasteiger partial charge in [-0.3, -0.25) is 4.99 Å². The highest BCUT2D eigenvalue weighted by Gasteiger charge is 2.26. The van der Waals surface area contributed by atoms with Crippen LogP contribution < -0.4 is 11.1 Å². The average molecular weight is 422 g/mol. The summed E-state index contributed by atoms with van der Waals surface area (Å²) in [6, 6.07) is 9.74. The number of benzene rings is 1. The standard InChI is InChI=1S/C22H24ClN7/c1-13(2)30-18(10-11-27-30)28-22-26-12-14-8-9-17(24)19(20(14)29-22)21(25-3)15-6-4-5-7-16(15)23/h4-7,10-13H,8-9,24H2,1-3H3,(H,26,28,29). The third-order valence-electron chi connectivity index (χ3n) is 5.07. The molecule has 0 saturated carbocycles. The number of allylic oxidation sites excluding steroid dienone is 2. The van der Waals surface area contributed by atoms with Crippen molar-refractivity contribution in [1.82, 2.24) is 19.7 Å². The van der Waals surface area contributed by atoms with Crippen LogP contribution in [0, 0.1) is 0 Å². The lowest BCUT2D eigenvalue weighted by Gasteiger charge is -2.22. The molecule has 0 fully saturated rings. The molecule has 0 amide bonds. The summed E-state index contributed by atoms with van der Waals surface area (Å²) >= 11 is 6.47. The number of hydrogen-bond acceptors (Lipinski definition) is 6. The van der Waals surface area contributed by atoms with Gasteiger partial charge in [0.15, 0.2) is 0 Å². The summed E-state index contributed by atoms with van der Waals surface area (Å²) in [4.78, 5) is 13.9. The van der Waals surface area contributed by atoms with Crippen LogP contribution >= 0.6 is 11.6 Å². The van der Waals surface area contributed by atoms with Gasteiger partial charge in [0, 0.05) is 47.2 Å². The number of aliphatic imine (C=N–C) groups is 1. The first-order valence-electron chi connectivity index (χ1n) is 9.87. The zero-order valence-electron chi connectivity index (χ0n) is 17.2. The van der Waals surface area contributed by atoms with Crippen molar-refractivity contribution in [2.45, 2.75) is 32.7 Å². The van der Waals surface area contributed by atoms with Gasteiger partial charge in [-0.1, -0.05) is 29.8 Å². The molecule has 0 aliphatic heterocycles. The molecule has 2 heterocycles. The number of fused-ring (bicyclic) bond motifs is 1. The highest BCUT2D eigenvalue weighted by molar-refractivity contribution is 6.40. The molecule has 0 atom stereocenters. The fraction of sp³-hybridized carbons (Fsp3) is 0.273. The predicted molar refractivity (Wildman–Crippen MR) is 121 cm³/mol. The maximum Gasteiger partial charge on any atom is 0.228 e. The molecule has 1 aliphatic rings. The molecule has 8 heteroatoms. The lowest BCUT2D eigenvalue weighted by molar-refractivity contribution is 0.539. The lowest BCUT2D eigenvalue weighted by Crippen LogP contribution is -2.20. The Kier molecular flexibility index (Phi) is 5.55. The first-order chi connectivity index (χ1) is 14.5. The zero-order valence-corrected chi connectivity index (χ0v) is 18.0. The van der Waals surface area contributed by atoms with Crippen molar-refractivity contribution in [1.29, 1.82) is 0 Å². The van der Waals surface area contributed by atoms with Crippen molar-refractivity contribution in [3.05, 3.63) is 70.3 Å². The molecule has 0 radical (unpaired) electrons. The molecule has 30 heavy (non-hydrogen) atoms. The smallest absolute Gasteiger partial charge is 0.228 e. The number of aryl methyl sites for hydroxylation is 1. The van der Waals surface area contributed by atoms with Crippen LogP contribution in [0.1, 0.15) is 43.1 Å². The molecule has 2 aromatic heterocycles. The average Bonchev–Trinajstić information content (AvgIpc) is 3.20. The molecular formula is C22H24ClN7. The Bertz CT molecular complexity index is 1140. The Balaban J connectivity index is 1.78. The summed E-state index contributed by atoms with van der Waals surface area (Å²) < 4.78 is 1.89. The minimum Gasteiger partial charge on any atom is -0.401 e. The number of nitrogens with zero attached hydrogens (tertiary/aromatic N) is 5. The number of aromatic nitrogens is 4. The number of halogens is 1. The van der Waals surface area contributed by atoms with Gasteiger partial charge in [-0.25, -0.2) is 14.6 Å². The topological polar surface area (TPSA) is 94.0 Å². The van der Waals surface area contributed by atoms with Crippen molar-refractivity contribution >= 4 is 34.7 Å². The third kappa shape index (κ3) is 3.68. The van der Waals surface area contributed by atoms with Gasteiger partial charge in [-0.05, 0) is 38.3 Å². The predicted octanol–water partition coefficient (Wildman–Crippen LogP) is 4.39. The molecule has 0 bridgehead atoms. The Morgan fingerprint density at radius 3 is 2.77 bits per heavy atom. The Morgan fingerprint density at radius 1 is 1.23 bits per heavy atom. The maximum absolute atomic E-state index is 6.47. The summed E-state index contributed by atoms with van der Waals surface area (Å²) in [5.41, 5.74) is 11.4. The lowest BCUT2D eigenvalue weighted by atomic mass is 9.88. The van der Waals surface area contributed by atoms with E-state index in [2.05, 4.69) is 34.2 Å². The molecule has 154 valence electrons. The van der Waals surface area contributed by atoms with Gasteiger partial charge in [0.2, 0.25) is 5.95 Å². The van der Waals surface area contributed by atoms with E-state index < -0.39 is 0 Å². The molecule has 0 unspecified atom stereocenters. The number of nitrogens with two attached hydrogens (primary N) is 1. The van der Waals surface area contributed by atoms with E-state index in [0.29, 0.717) is 11.0 Å². The van der Waals surface area contributed by atoms with Gasteiger partial charge in [-0.2, -0.15) is 5.10 Å². The molecule has 7 nitrogen and oxygen atoms in total. The highest BCUT2D eigenvalue weighted by atomic mass is 35.5. The van der Waals surface area contributed by atoms with Gasteiger partial charge < -0.3 is 11.1 Å².